The van der Waals surface area contributed by atoms with Crippen molar-refractivity contribution in [3.63, 3.8) is 0 Å². The van der Waals surface area contributed by atoms with Crippen LogP contribution in [0.25, 0.3) is 22.4 Å². The Kier molecular flexibility index (Phi) is 5.25. The molecule has 1 aromatic heterocycles. The van der Waals surface area contributed by atoms with Crippen LogP contribution in [0.5, 0.6) is 0 Å². The van der Waals surface area contributed by atoms with Crippen molar-refractivity contribution in [2.75, 3.05) is 0 Å². The van der Waals surface area contributed by atoms with Crippen molar-refractivity contribution in [2.24, 2.45) is 0 Å². The number of carbonyl (C=O) groups is 1. The molecule has 0 aliphatic rings. The van der Waals surface area contributed by atoms with Crippen LogP contribution in [0.1, 0.15) is 10.4 Å². The molecule has 26 heavy (non-hydrogen) atoms. The summed E-state index contributed by atoms with van der Waals surface area (Å²) in [4.78, 5) is 20.5. The second-order valence-corrected chi connectivity index (χ2v) is 17.8. The first-order chi connectivity index (χ1) is 12.4. The van der Waals surface area contributed by atoms with Crippen LogP contribution in [-0.2, 0) is 4.89 Å². The predicted octanol–water partition coefficient (Wildman–Crippen LogP) is 4.59. The molecule has 0 spiro atoms. The molecule has 3 aromatic rings. The zero-order valence-corrected chi connectivity index (χ0v) is 17.2. The van der Waals surface area contributed by atoms with E-state index in [1.54, 1.807) is 6.07 Å². The van der Waals surface area contributed by atoms with Crippen LogP contribution in [-0.4, -0.2) is 29.5 Å². The zero-order chi connectivity index (χ0) is 18.7. The van der Waals surface area contributed by atoms with E-state index in [1.165, 1.54) is 4.40 Å². The first-order valence-electron chi connectivity index (χ1n) is 8.42. The Morgan fingerprint density at radius 3 is 2.27 bits per heavy atom. The molecule has 0 aliphatic heterocycles. The van der Waals surface area contributed by atoms with Gasteiger partial charge in [0.2, 0.25) is 0 Å². The second kappa shape index (κ2) is 7.44. The van der Waals surface area contributed by atoms with Gasteiger partial charge < -0.3 is 0 Å². The normalized spacial score (nSPS) is 11.2. The van der Waals surface area contributed by atoms with E-state index in [4.69, 9.17) is 5.26 Å². The average molecular weight is 408 g/mol. The Bertz CT molecular complexity index is 916. The topological polar surface area (TPSA) is 59.4 Å². The van der Waals surface area contributed by atoms with Gasteiger partial charge in [0.15, 0.2) is 0 Å². The number of benzene rings is 2. The maximum atomic E-state index is 11.9. The first kappa shape index (κ1) is 18.4. The Morgan fingerprint density at radius 2 is 1.69 bits per heavy atom. The molecule has 4 nitrogen and oxygen atoms in total. The van der Waals surface area contributed by atoms with Crippen LogP contribution >= 0.6 is 0 Å². The molecule has 1 heterocycles. The summed E-state index contributed by atoms with van der Waals surface area (Å²) in [5, 5.41) is 8.80. The van der Waals surface area contributed by atoms with Crippen molar-refractivity contribution in [3.05, 3.63) is 72.4 Å². The molecule has 0 atom stereocenters. The Hall–Kier alpha value is -2.44. The monoisotopic (exact) mass is 409 g/mol. The average Bonchev–Trinajstić information content (AvgIpc) is 2.67. The van der Waals surface area contributed by atoms with Crippen LogP contribution < -0.4 is 4.40 Å². The van der Waals surface area contributed by atoms with E-state index in [9.17, 15) is 4.79 Å². The van der Waals surface area contributed by atoms with Crippen molar-refractivity contribution in [1.82, 2.24) is 4.98 Å². The second-order valence-electron chi connectivity index (χ2n) is 7.19. The van der Waals surface area contributed by atoms with E-state index in [2.05, 4.69) is 33.2 Å². The molecule has 0 bridgehead atoms. The quantitative estimate of drug-likeness (QED) is 0.390. The molecule has 132 valence electrons. The third-order valence-electron chi connectivity index (χ3n) is 4.33. The van der Waals surface area contributed by atoms with Crippen molar-refractivity contribution in [3.8, 4) is 22.4 Å². The standard InChI is InChI=1S/C21H21GeNO3/c1-22(2,3)17-10-12-20(23-14-17)16-9-11-18(21(24)26-25)19(13-16)15-7-5-4-6-8-15/h4-14,25H,1-3H3. The summed E-state index contributed by atoms with van der Waals surface area (Å²) in [5.41, 5.74) is 3.63. The molecule has 0 radical (unpaired) electrons. The summed E-state index contributed by atoms with van der Waals surface area (Å²) >= 11 is -1.90. The molecule has 0 fully saturated rings. The number of aromatic nitrogens is 1. The number of rotatable bonds is 4. The Labute approximate surface area is 155 Å². The number of pyridine rings is 1. The number of hydrogen-bond acceptors (Lipinski definition) is 4. The van der Waals surface area contributed by atoms with E-state index in [0.717, 1.165) is 16.8 Å². The van der Waals surface area contributed by atoms with E-state index in [0.29, 0.717) is 11.1 Å². The SMILES string of the molecule is [CH3][Ge]([CH3])([CH3])[c]1ccc(-c2ccc(C(=O)OO)c(-c3ccccc3)c2)nc1. The van der Waals surface area contributed by atoms with Crippen LogP contribution in [0, 0.1) is 0 Å². The Morgan fingerprint density at radius 1 is 0.962 bits per heavy atom. The molecular weight excluding hydrogens is 387 g/mol. The number of nitrogens with zero attached hydrogens (tertiary/aromatic N) is 1. The van der Waals surface area contributed by atoms with Crippen molar-refractivity contribution >= 4 is 23.6 Å². The van der Waals surface area contributed by atoms with Gasteiger partial charge >= 0.3 is 156 Å². The summed E-state index contributed by atoms with van der Waals surface area (Å²) < 4.78 is 1.34. The van der Waals surface area contributed by atoms with E-state index in [1.807, 2.05) is 54.7 Å². The molecule has 5 heteroatoms. The molecule has 2 aromatic carbocycles. The zero-order valence-electron chi connectivity index (χ0n) is 15.1. The van der Waals surface area contributed by atoms with Gasteiger partial charge in [-0.3, -0.25) is 0 Å². The molecule has 1 N–H and O–H groups in total. The van der Waals surface area contributed by atoms with Crippen LogP contribution in [0.4, 0.5) is 0 Å². The maximum absolute atomic E-state index is 11.9. The molecule has 0 unspecified atom stereocenters. The number of carbonyl (C=O) groups excluding carboxylic acids is 1. The van der Waals surface area contributed by atoms with Gasteiger partial charge in [0, 0.05) is 0 Å². The van der Waals surface area contributed by atoms with E-state index < -0.39 is 19.2 Å². The summed E-state index contributed by atoms with van der Waals surface area (Å²) in [5.74, 6) is 6.22. The summed E-state index contributed by atoms with van der Waals surface area (Å²) in [7, 11) is 0. The fraction of sp³-hybridized carbons (Fsp3) is 0.143. The third-order valence-corrected chi connectivity index (χ3v) is 8.59. The van der Waals surface area contributed by atoms with Gasteiger partial charge in [-0.25, -0.2) is 0 Å². The van der Waals surface area contributed by atoms with E-state index in [-0.39, 0.29) is 0 Å². The van der Waals surface area contributed by atoms with Gasteiger partial charge in [-0.2, -0.15) is 0 Å². The fourth-order valence-corrected chi connectivity index (χ4v) is 4.97. The van der Waals surface area contributed by atoms with Gasteiger partial charge in [-0.15, -0.1) is 0 Å². The van der Waals surface area contributed by atoms with Crippen molar-refractivity contribution < 1.29 is 14.9 Å². The van der Waals surface area contributed by atoms with Crippen LogP contribution in [0.15, 0.2) is 66.9 Å². The first-order valence-corrected chi connectivity index (χ1v) is 15.8. The molecule has 0 amide bonds. The van der Waals surface area contributed by atoms with Gasteiger partial charge in [-0.1, -0.05) is 0 Å². The minimum atomic E-state index is -1.90. The molecule has 3 rings (SSSR count). The van der Waals surface area contributed by atoms with Gasteiger partial charge in [0.05, 0.1) is 0 Å². The van der Waals surface area contributed by atoms with E-state index >= 15 is 0 Å². The van der Waals surface area contributed by atoms with Crippen LogP contribution in [0.2, 0.25) is 17.3 Å². The van der Waals surface area contributed by atoms with Crippen molar-refractivity contribution in [1.29, 1.82) is 0 Å². The molecule has 0 saturated heterocycles. The summed E-state index contributed by atoms with van der Waals surface area (Å²) in [6.07, 6.45) is 1.97. The van der Waals surface area contributed by atoms with Gasteiger partial charge in [0.1, 0.15) is 0 Å². The molecular formula is C21H21GeNO3. The number of hydrogen-bond donors (Lipinski definition) is 1. The van der Waals surface area contributed by atoms with Crippen LogP contribution in [0.3, 0.4) is 0 Å². The van der Waals surface area contributed by atoms with Gasteiger partial charge in [-0.05, 0) is 0 Å². The third kappa shape index (κ3) is 3.87. The summed E-state index contributed by atoms with van der Waals surface area (Å²) in [6, 6.07) is 19.1. The minimum absolute atomic E-state index is 0.309. The molecule has 0 aliphatic carbocycles. The Balaban J connectivity index is 2.08. The van der Waals surface area contributed by atoms with Gasteiger partial charge in [0.25, 0.3) is 0 Å². The predicted molar refractivity (Wildman–Crippen MR) is 106 cm³/mol. The summed E-state index contributed by atoms with van der Waals surface area (Å²) in [6.45, 7) is 0. The fourth-order valence-electron chi connectivity index (χ4n) is 2.80. The van der Waals surface area contributed by atoms with Crippen molar-refractivity contribution in [2.45, 2.75) is 17.3 Å². The molecule has 0 saturated carbocycles.